The van der Waals surface area contributed by atoms with Gasteiger partial charge in [-0.2, -0.15) is 0 Å². The number of amides is 2. The number of ether oxygens (including phenoxy) is 1. The van der Waals surface area contributed by atoms with E-state index < -0.39 is 5.82 Å². The molecule has 1 aliphatic rings. The van der Waals surface area contributed by atoms with E-state index in [9.17, 15) is 14.0 Å². The van der Waals surface area contributed by atoms with Crippen LogP contribution in [-0.4, -0.2) is 43.5 Å². The molecule has 0 heterocycles. The zero-order valence-corrected chi connectivity index (χ0v) is 13.7. The second kappa shape index (κ2) is 8.26. The molecule has 1 fully saturated rings. The van der Waals surface area contributed by atoms with Crippen molar-refractivity contribution in [2.75, 3.05) is 26.8 Å². The number of halogens is 2. The summed E-state index contributed by atoms with van der Waals surface area (Å²) in [7, 11) is 1.54. The van der Waals surface area contributed by atoms with Gasteiger partial charge in [-0.25, -0.2) is 4.39 Å². The van der Waals surface area contributed by atoms with Crippen molar-refractivity contribution in [2.45, 2.75) is 19.4 Å². The monoisotopic (exact) mass is 342 g/mol. The number of nitrogens with zero attached hydrogens (tertiary/aromatic N) is 1. The molecule has 1 aromatic carbocycles. The molecule has 0 bridgehead atoms. The van der Waals surface area contributed by atoms with Gasteiger partial charge in [0.1, 0.15) is 5.82 Å². The van der Waals surface area contributed by atoms with E-state index in [1.165, 1.54) is 17.0 Å². The number of nitrogens with one attached hydrogen (secondary N) is 1. The van der Waals surface area contributed by atoms with Crippen LogP contribution in [0.3, 0.4) is 0 Å². The smallest absolute Gasteiger partial charge is 0.242 e. The Morgan fingerprint density at radius 3 is 2.78 bits per heavy atom. The first-order valence-electron chi connectivity index (χ1n) is 7.49. The number of carbonyl (C=O) groups excluding carboxylic acids is 2. The zero-order valence-electron chi connectivity index (χ0n) is 13.0. The minimum Gasteiger partial charge on any atom is -0.383 e. The maximum absolute atomic E-state index is 13.1. The fraction of sp³-hybridized carbons (Fsp3) is 0.500. The summed E-state index contributed by atoms with van der Waals surface area (Å²) < 4.78 is 18.1. The van der Waals surface area contributed by atoms with Crippen LogP contribution in [0.1, 0.15) is 18.4 Å². The normalized spacial score (nSPS) is 13.7. The molecule has 1 saturated carbocycles. The molecule has 23 heavy (non-hydrogen) atoms. The van der Waals surface area contributed by atoms with Crippen LogP contribution >= 0.6 is 11.6 Å². The van der Waals surface area contributed by atoms with Gasteiger partial charge in [0, 0.05) is 31.1 Å². The minimum atomic E-state index is -0.426. The average Bonchev–Trinajstić information content (AvgIpc) is 3.35. The van der Waals surface area contributed by atoms with Crippen LogP contribution in [0.15, 0.2) is 18.2 Å². The average molecular weight is 343 g/mol. The van der Waals surface area contributed by atoms with Crippen LogP contribution in [0, 0.1) is 11.7 Å². The van der Waals surface area contributed by atoms with Crippen molar-refractivity contribution in [1.82, 2.24) is 10.2 Å². The van der Waals surface area contributed by atoms with E-state index in [2.05, 4.69) is 5.32 Å². The molecule has 1 N–H and O–H groups in total. The largest absolute Gasteiger partial charge is 0.383 e. The van der Waals surface area contributed by atoms with Crippen molar-refractivity contribution in [2.24, 2.45) is 5.92 Å². The van der Waals surface area contributed by atoms with E-state index in [1.54, 1.807) is 13.2 Å². The van der Waals surface area contributed by atoms with Gasteiger partial charge in [0.15, 0.2) is 0 Å². The summed E-state index contributed by atoms with van der Waals surface area (Å²) >= 11 is 6.01. The van der Waals surface area contributed by atoms with E-state index in [1.807, 2.05) is 0 Å². The second-order valence-corrected chi connectivity index (χ2v) is 5.94. The summed E-state index contributed by atoms with van der Waals surface area (Å²) in [4.78, 5) is 25.5. The lowest BCUT2D eigenvalue weighted by molar-refractivity contribution is -0.134. The van der Waals surface area contributed by atoms with E-state index >= 15 is 0 Å². The van der Waals surface area contributed by atoms with E-state index in [4.69, 9.17) is 16.3 Å². The quantitative estimate of drug-likeness (QED) is 0.786. The maximum Gasteiger partial charge on any atom is 0.242 e. The first-order chi connectivity index (χ1) is 11.0. The summed E-state index contributed by atoms with van der Waals surface area (Å²) in [5.41, 5.74) is 0.644. The molecule has 1 aromatic rings. The number of rotatable bonds is 8. The van der Waals surface area contributed by atoms with Crippen molar-refractivity contribution < 1.29 is 18.7 Å². The second-order valence-electron chi connectivity index (χ2n) is 5.54. The third kappa shape index (κ3) is 5.48. The van der Waals surface area contributed by atoms with Crippen LogP contribution in [-0.2, 0) is 20.9 Å². The van der Waals surface area contributed by atoms with Crippen LogP contribution in [0.25, 0.3) is 0 Å². The fourth-order valence-electron chi connectivity index (χ4n) is 2.11. The summed E-state index contributed by atoms with van der Waals surface area (Å²) in [6.07, 6.45) is 1.78. The molecular formula is C16H20ClFN2O3. The molecule has 0 atom stereocenters. The van der Waals surface area contributed by atoms with Gasteiger partial charge in [0.05, 0.1) is 13.2 Å². The Bertz CT molecular complexity index is 578. The standard InChI is InChI=1S/C16H20ClFN2O3/c1-23-7-6-20(10-12-4-5-13(18)8-14(12)17)15(21)9-19-16(22)11-2-3-11/h4-5,8,11H,2-3,6-7,9-10H2,1H3,(H,19,22). The van der Waals surface area contributed by atoms with Crippen LogP contribution in [0.2, 0.25) is 5.02 Å². The highest BCUT2D eigenvalue weighted by Gasteiger charge is 2.30. The van der Waals surface area contributed by atoms with Gasteiger partial charge in [-0.05, 0) is 30.5 Å². The maximum atomic E-state index is 13.1. The van der Waals surface area contributed by atoms with E-state index in [-0.39, 0.29) is 35.8 Å². The lowest BCUT2D eigenvalue weighted by Crippen LogP contribution is -2.41. The first kappa shape index (κ1) is 17.7. The van der Waals surface area contributed by atoms with Gasteiger partial charge in [-0.1, -0.05) is 17.7 Å². The number of hydrogen-bond acceptors (Lipinski definition) is 3. The van der Waals surface area contributed by atoms with Crippen molar-refractivity contribution in [1.29, 1.82) is 0 Å². The summed E-state index contributed by atoms with van der Waals surface area (Å²) in [6.45, 7) is 0.905. The van der Waals surface area contributed by atoms with Gasteiger partial charge in [0.2, 0.25) is 11.8 Å². The molecule has 5 nitrogen and oxygen atoms in total. The SMILES string of the molecule is COCCN(Cc1ccc(F)cc1Cl)C(=O)CNC(=O)C1CC1. The molecule has 7 heteroatoms. The number of carbonyl (C=O) groups is 2. The zero-order chi connectivity index (χ0) is 16.8. The third-order valence-electron chi connectivity index (χ3n) is 3.66. The molecule has 1 aliphatic carbocycles. The lowest BCUT2D eigenvalue weighted by atomic mass is 10.2. The third-order valence-corrected chi connectivity index (χ3v) is 4.01. The lowest BCUT2D eigenvalue weighted by Gasteiger charge is -2.23. The molecule has 0 unspecified atom stereocenters. The van der Waals surface area contributed by atoms with Gasteiger partial charge >= 0.3 is 0 Å². The van der Waals surface area contributed by atoms with Gasteiger partial charge < -0.3 is 15.0 Å². The number of methoxy groups -OCH3 is 1. The highest BCUT2D eigenvalue weighted by Crippen LogP contribution is 2.28. The highest BCUT2D eigenvalue weighted by atomic mass is 35.5. The summed E-state index contributed by atoms with van der Waals surface area (Å²) in [6, 6.07) is 4.06. The highest BCUT2D eigenvalue weighted by molar-refractivity contribution is 6.31. The van der Waals surface area contributed by atoms with Crippen LogP contribution in [0.4, 0.5) is 4.39 Å². The topological polar surface area (TPSA) is 58.6 Å². The van der Waals surface area contributed by atoms with Gasteiger partial charge in [0.25, 0.3) is 0 Å². The molecule has 0 radical (unpaired) electrons. The predicted molar refractivity (Wildman–Crippen MR) is 84.4 cm³/mol. The Morgan fingerprint density at radius 1 is 1.43 bits per heavy atom. The Hall–Kier alpha value is -1.66. The Morgan fingerprint density at radius 2 is 2.17 bits per heavy atom. The van der Waals surface area contributed by atoms with Crippen molar-refractivity contribution in [3.05, 3.63) is 34.6 Å². The molecule has 0 saturated heterocycles. The molecule has 2 rings (SSSR count). The fourth-order valence-corrected chi connectivity index (χ4v) is 2.34. The Labute approximate surface area is 139 Å². The van der Waals surface area contributed by atoms with Crippen LogP contribution < -0.4 is 5.32 Å². The predicted octanol–water partition coefficient (Wildman–Crippen LogP) is 1.98. The molecule has 2 amide bonds. The molecule has 0 aliphatic heterocycles. The van der Waals surface area contributed by atoms with Crippen molar-refractivity contribution in [3.63, 3.8) is 0 Å². The number of hydrogen-bond donors (Lipinski definition) is 1. The van der Waals surface area contributed by atoms with Gasteiger partial charge in [-0.3, -0.25) is 9.59 Å². The Balaban J connectivity index is 1.96. The summed E-state index contributed by atoms with van der Waals surface area (Å²) in [5, 5.41) is 2.91. The Kier molecular flexibility index (Phi) is 6.36. The molecule has 0 aromatic heterocycles. The van der Waals surface area contributed by atoms with Crippen molar-refractivity contribution >= 4 is 23.4 Å². The molecule has 0 spiro atoms. The minimum absolute atomic E-state index is 0.0572. The van der Waals surface area contributed by atoms with Crippen LogP contribution in [0.5, 0.6) is 0 Å². The van der Waals surface area contributed by atoms with E-state index in [0.29, 0.717) is 18.7 Å². The van der Waals surface area contributed by atoms with E-state index in [0.717, 1.165) is 12.8 Å². The molecular weight excluding hydrogens is 323 g/mol. The first-order valence-corrected chi connectivity index (χ1v) is 7.87. The van der Waals surface area contributed by atoms with Crippen molar-refractivity contribution in [3.8, 4) is 0 Å². The number of benzene rings is 1. The molecule has 126 valence electrons. The van der Waals surface area contributed by atoms with Gasteiger partial charge in [-0.15, -0.1) is 0 Å². The summed E-state index contributed by atoms with van der Waals surface area (Å²) in [5.74, 6) is -0.673.